The third-order valence-electron chi connectivity index (χ3n) is 5.41. The Hall–Kier alpha value is -2.57. The molecule has 0 amide bonds. The van der Waals surface area contributed by atoms with Gasteiger partial charge in [0.25, 0.3) is 0 Å². The number of carbonyl (C=O) groups is 1. The second-order valence-electron chi connectivity index (χ2n) is 6.98. The normalized spacial score (nSPS) is 21.7. The van der Waals surface area contributed by atoms with Crippen molar-refractivity contribution < 1.29 is 9.90 Å². The number of ketones is 1. The van der Waals surface area contributed by atoms with Gasteiger partial charge in [-0.2, -0.15) is 0 Å². The zero-order valence-corrected chi connectivity index (χ0v) is 15.3. The van der Waals surface area contributed by atoms with Crippen molar-refractivity contribution in [2.75, 3.05) is 11.4 Å². The maximum Gasteiger partial charge on any atom is 0.204 e. The summed E-state index contributed by atoms with van der Waals surface area (Å²) in [5.41, 5.74) is 5.35. The van der Waals surface area contributed by atoms with Crippen LogP contribution in [0.5, 0.6) is 0 Å². The molecule has 6 heteroatoms. The van der Waals surface area contributed by atoms with Crippen molar-refractivity contribution in [2.24, 2.45) is 4.99 Å². The fraction of sp³-hybridized carbons (Fsp3) is 0.250. The molecule has 0 aliphatic carbocycles. The molecule has 1 unspecified atom stereocenters. The molecule has 5 nitrogen and oxygen atoms in total. The molecule has 0 saturated carbocycles. The van der Waals surface area contributed by atoms with Gasteiger partial charge in [-0.1, -0.05) is 0 Å². The van der Waals surface area contributed by atoms with Gasteiger partial charge in [-0.3, -0.25) is 4.79 Å². The number of carbonyl (C=O) groups excluding carboxylic acids is 1. The van der Waals surface area contributed by atoms with Crippen molar-refractivity contribution in [1.29, 1.82) is 0 Å². The molecule has 1 aromatic heterocycles. The van der Waals surface area contributed by atoms with E-state index in [9.17, 15) is 9.90 Å². The van der Waals surface area contributed by atoms with Crippen LogP contribution < -0.4 is 4.90 Å². The van der Waals surface area contributed by atoms with E-state index in [0.29, 0.717) is 30.1 Å². The first-order valence-electron chi connectivity index (χ1n) is 8.56. The van der Waals surface area contributed by atoms with E-state index in [0.717, 1.165) is 27.0 Å². The summed E-state index contributed by atoms with van der Waals surface area (Å²) < 4.78 is 1.11. The lowest BCUT2D eigenvalue weighted by atomic mass is 9.86. The number of benzene rings is 2. The molecule has 1 atom stereocenters. The average molecular weight is 363 g/mol. The van der Waals surface area contributed by atoms with E-state index in [1.165, 1.54) is 0 Å². The minimum absolute atomic E-state index is 0.252. The Labute approximate surface area is 154 Å². The molecular weight excluding hydrogens is 346 g/mol. The van der Waals surface area contributed by atoms with Crippen LogP contribution in [0.25, 0.3) is 10.2 Å². The van der Waals surface area contributed by atoms with E-state index in [1.54, 1.807) is 11.3 Å². The SMILES string of the molecule is Cc1cc2c(cc1C)C(=O)C1(O)CCN(c3ccc4scnc4c3)C1=N2. The Kier molecular flexibility index (Phi) is 3.14. The van der Waals surface area contributed by atoms with Crippen LogP contribution in [0.2, 0.25) is 0 Å². The monoisotopic (exact) mass is 363 g/mol. The second-order valence-corrected chi connectivity index (χ2v) is 7.87. The number of hydrogen-bond acceptors (Lipinski definition) is 6. The van der Waals surface area contributed by atoms with Crippen molar-refractivity contribution >= 4 is 44.5 Å². The van der Waals surface area contributed by atoms with Crippen LogP contribution >= 0.6 is 11.3 Å². The predicted molar refractivity (Wildman–Crippen MR) is 104 cm³/mol. The lowest BCUT2D eigenvalue weighted by Gasteiger charge is -2.30. The van der Waals surface area contributed by atoms with Gasteiger partial charge in [-0.15, -0.1) is 11.3 Å². The third kappa shape index (κ3) is 2.03. The van der Waals surface area contributed by atoms with Crippen LogP contribution in [0.4, 0.5) is 11.4 Å². The largest absolute Gasteiger partial charge is 0.374 e. The van der Waals surface area contributed by atoms with Crippen molar-refractivity contribution in [3.63, 3.8) is 0 Å². The van der Waals surface area contributed by atoms with Gasteiger partial charge in [-0.05, 0) is 55.3 Å². The summed E-state index contributed by atoms with van der Waals surface area (Å²) in [5.74, 6) is 0.172. The van der Waals surface area contributed by atoms with Gasteiger partial charge in [0.15, 0.2) is 5.60 Å². The summed E-state index contributed by atoms with van der Waals surface area (Å²) in [4.78, 5) is 24.1. The Morgan fingerprint density at radius 3 is 2.85 bits per heavy atom. The minimum atomic E-state index is -1.55. The Morgan fingerprint density at radius 1 is 1.19 bits per heavy atom. The summed E-state index contributed by atoms with van der Waals surface area (Å²) >= 11 is 1.59. The predicted octanol–water partition coefficient (Wildman–Crippen LogP) is 3.78. The van der Waals surface area contributed by atoms with Gasteiger partial charge in [0.1, 0.15) is 5.84 Å². The average Bonchev–Trinajstić information content (AvgIpc) is 3.22. The first kappa shape index (κ1) is 15.7. The molecule has 130 valence electrons. The molecule has 26 heavy (non-hydrogen) atoms. The van der Waals surface area contributed by atoms with Gasteiger partial charge in [-0.25, -0.2) is 9.98 Å². The van der Waals surface area contributed by atoms with E-state index in [1.807, 2.05) is 54.6 Å². The number of hydrogen-bond donors (Lipinski definition) is 1. The van der Waals surface area contributed by atoms with E-state index in [-0.39, 0.29) is 5.78 Å². The molecule has 0 bridgehead atoms. The standard InChI is InChI=1S/C20H17N3O2S/c1-11-7-14-15(8-12(11)2)22-19-20(25,18(14)24)5-6-23(19)13-3-4-17-16(9-13)21-10-26-17/h3-4,7-10,25H,5-6H2,1-2H3. The maximum atomic E-state index is 13.1. The highest BCUT2D eigenvalue weighted by Crippen LogP contribution is 2.40. The number of aromatic nitrogens is 1. The van der Waals surface area contributed by atoms with E-state index in [4.69, 9.17) is 4.99 Å². The van der Waals surface area contributed by atoms with Crippen LogP contribution in [-0.2, 0) is 0 Å². The van der Waals surface area contributed by atoms with Gasteiger partial charge < -0.3 is 10.0 Å². The van der Waals surface area contributed by atoms with Crippen LogP contribution in [0.15, 0.2) is 40.8 Å². The molecule has 3 heterocycles. The zero-order chi connectivity index (χ0) is 18.1. The first-order valence-corrected chi connectivity index (χ1v) is 9.44. The molecule has 1 N–H and O–H groups in total. The molecule has 1 saturated heterocycles. The van der Waals surface area contributed by atoms with Gasteiger partial charge in [0.2, 0.25) is 5.78 Å². The number of nitrogens with zero attached hydrogens (tertiary/aromatic N) is 3. The molecule has 5 rings (SSSR count). The molecular formula is C20H17N3O2S. The number of Topliss-reactive ketones (excluding diaryl/α,β-unsaturated/α-hetero) is 1. The molecule has 2 aromatic carbocycles. The Bertz CT molecular complexity index is 1120. The number of aryl methyl sites for hydroxylation is 2. The lowest BCUT2D eigenvalue weighted by Crippen LogP contribution is -2.48. The van der Waals surface area contributed by atoms with Gasteiger partial charge >= 0.3 is 0 Å². The zero-order valence-electron chi connectivity index (χ0n) is 14.5. The lowest BCUT2D eigenvalue weighted by molar-refractivity contribution is 0.0602. The molecule has 0 spiro atoms. The number of amidine groups is 1. The second kappa shape index (κ2) is 5.22. The van der Waals surface area contributed by atoms with Gasteiger partial charge in [0.05, 0.1) is 21.4 Å². The highest BCUT2D eigenvalue weighted by molar-refractivity contribution is 7.16. The third-order valence-corrected chi connectivity index (χ3v) is 6.22. The molecule has 1 fully saturated rings. The van der Waals surface area contributed by atoms with Crippen molar-refractivity contribution in [3.8, 4) is 0 Å². The van der Waals surface area contributed by atoms with E-state index in [2.05, 4.69) is 4.98 Å². The number of thiazole rings is 1. The fourth-order valence-electron chi connectivity index (χ4n) is 3.76. The number of anilines is 1. The molecule has 2 aliphatic heterocycles. The van der Waals surface area contributed by atoms with Crippen molar-refractivity contribution in [2.45, 2.75) is 25.9 Å². The number of aliphatic hydroxyl groups is 1. The summed E-state index contributed by atoms with van der Waals surface area (Å²) in [6, 6.07) is 9.77. The van der Waals surface area contributed by atoms with Crippen LogP contribution in [0.1, 0.15) is 27.9 Å². The van der Waals surface area contributed by atoms with Crippen molar-refractivity contribution in [1.82, 2.24) is 4.98 Å². The number of rotatable bonds is 1. The number of fused-ring (bicyclic) bond motifs is 3. The highest BCUT2D eigenvalue weighted by Gasteiger charge is 2.52. The van der Waals surface area contributed by atoms with Gasteiger partial charge in [0, 0.05) is 24.2 Å². The Morgan fingerprint density at radius 2 is 2.00 bits per heavy atom. The van der Waals surface area contributed by atoms with E-state index < -0.39 is 5.60 Å². The maximum absolute atomic E-state index is 13.1. The fourth-order valence-corrected chi connectivity index (χ4v) is 4.42. The quantitative estimate of drug-likeness (QED) is 0.714. The minimum Gasteiger partial charge on any atom is -0.374 e. The molecule has 0 radical (unpaired) electrons. The summed E-state index contributed by atoms with van der Waals surface area (Å²) in [6.07, 6.45) is 0.339. The topological polar surface area (TPSA) is 65.8 Å². The summed E-state index contributed by atoms with van der Waals surface area (Å²) in [7, 11) is 0. The van der Waals surface area contributed by atoms with Crippen LogP contribution in [0.3, 0.4) is 0 Å². The molecule has 2 aliphatic rings. The smallest absolute Gasteiger partial charge is 0.204 e. The highest BCUT2D eigenvalue weighted by atomic mass is 32.1. The molecule has 3 aromatic rings. The Balaban J connectivity index is 1.67. The first-order chi connectivity index (χ1) is 12.5. The summed E-state index contributed by atoms with van der Waals surface area (Å²) in [6.45, 7) is 4.52. The summed E-state index contributed by atoms with van der Waals surface area (Å²) in [5, 5.41) is 11.2. The van der Waals surface area contributed by atoms with E-state index >= 15 is 0 Å². The van der Waals surface area contributed by atoms with Crippen LogP contribution in [0, 0.1) is 13.8 Å². The van der Waals surface area contributed by atoms with Crippen molar-refractivity contribution in [3.05, 3.63) is 52.5 Å². The number of aliphatic imine (C=N–C) groups is 1. The van der Waals surface area contributed by atoms with Crippen LogP contribution in [-0.4, -0.2) is 33.9 Å².